The summed E-state index contributed by atoms with van der Waals surface area (Å²) in [6, 6.07) is 15.0. The van der Waals surface area contributed by atoms with E-state index in [2.05, 4.69) is 16.7 Å². The average molecular weight is 673 g/mol. The summed E-state index contributed by atoms with van der Waals surface area (Å²) in [5.41, 5.74) is 1.53. The molecular weight excluding hydrogens is 621 g/mol. The highest BCUT2D eigenvalue weighted by Crippen LogP contribution is 2.33. The highest BCUT2D eigenvalue weighted by molar-refractivity contribution is 6.43. The van der Waals surface area contributed by atoms with E-state index in [4.69, 9.17) is 32.7 Å². The van der Waals surface area contributed by atoms with Gasteiger partial charge in [0, 0.05) is 50.7 Å². The number of carbonyl (C=O) groups is 1. The first kappa shape index (κ1) is 36.1. The molecule has 1 unspecified atom stereocenters. The molecule has 2 aromatic carbocycles. The van der Waals surface area contributed by atoms with Gasteiger partial charge in [0.15, 0.2) is 6.23 Å². The Kier molecular flexibility index (Phi) is 14.6. The molecule has 1 aliphatic heterocycles. The van der Waals surface area contributed by atoms with Crippen LogP contribution in [0.1, 0.15) is 91.2 Å². The van der Waals surface area contributed by atoms with Gasteiger partial charge in [-0.05, 0) is 61.5 Å². The van der Waals surface area contributed by atoms with E-state index >= 15 is 0 Å². The second-order valence-corrected chi connectivity index (χ2v) is 13.5. The van der Waals surface area contributed by atoms with Gasteiger partial charge in [-0.2, -0.15) is 0 Å². The first-order chi connectivity index (χ1) is 22.3. The molecule has 2 heterocycles. The Labute approximate surface area is 284 Å². The number of pyridine rings is 1. The molecule has 0 N–H and O–H groups in total. The zero-order valence-electron chi connectivity index (χ0n) is 27.8. The van der Waals surface area contributed by atoms with Gasteiger partial charge in [0.2, 0.25) is 0 Å². The van der Waals surface area contributed by atoms with E-state index in [1.807, 2.05) is 56.3 Å². The molecule has 0 amide bonds. The van der Waals surface area contributed by atoms with Crippen molar-refractivity contribution in [1.82, 2.24) is 9.47 Å². The lowest BCUT2D eigenvalue weighted by Gasteiger charge is -2.36. The van der Waals surface area contributed by atoms with Crippen molar-refractivity contribution in [3.63, 3.8) is 0 Å². The zero-order valence-corrected chi connectivity index (χ0v) is 29.3. The Morgan fingerprint density at radius 1 is 0.870 bits per heavy atom. The summed E-state index contributed by atoms with van der Waals surface area (Å²) >= 11 is 12.6. The number of anilines is 1. The SMILES string of the molecule is CCCCCCCCCC(=O)OC(C(C)C)n1c(=O)ccc2ccc(OCCCCN3CCN(c4cccc(Cl)c4Cl)CC3)cc21. The lowest BCUT2D eigenvalue weighted by molar-refractivity contribution is -0.157. The Morgan fingerprint density at radius 3 is 2.33 bits per heavy atom. The van der Waals surface area contributed by atoms with E-state index in [-0.39, 0.29) is 17.4 Å². The number of piperazine rings is 1. The van der Waals surface area contributed by atoms with Crippen LogP contribution < -0.4 is 15.2 Å². The summed E-state index contributed by atoms with van der Waals surface area (Å²) in [4.78, 5) is 30.8. The van der Waals surface area contributed by atoms with Crippen LogP contribution in [0.15, 0.2) is 53.3 Å². The zero-order chi connectivity index (χ0) is 32.9. The number of hydrogen-bond donors (Lipinski definition) is 0. The third kappa shape index (κ3) is 10.4. The standard InChI is InChI=1S/C37H51Cl2N3O4/c1-4-5-6-7-8-9-10-16-35(44)46-37(28(2)3)42-33-27-30(19-17-29(33)18-20-34(42)43)45-26-12-11-21-40-22-24-41(25-23-40)32-15-13-14-31(38)36(32)39/h13-15,17-20,27-28,37H,4-12,16,21-26H2,1-3H3. The van der Waals surface area contributed by atoms with Crippen molar-refractivity contribution >= 4 is 45.8 Å². The number of hydrogen-bond acceptors (Lipinski definition) is 6. The molecule has 1 atom stereocenters. The fraction of sp³-hybridized carbons (Fsp3) is 0.568. The molecule has 0 saturated carbocycles. The Morgan fingerprint density at radius 2 is 1.59 bits per heavy atom. The summed E-state index contributed by atoms with van der Waals surface area (Å²) in [6.07, 6.45) is 9.59. The van der Waals surface area contributed by atoms with Crippen molar-refractivity contribution in [2.75, 3.05) is 44.2 Å². The molecule has 1 fully saturated rings. The number of benzene rings is 2. The first-order valence-electron chi connectivity index (χ1n) is 17.2. The predicted octanol–water partition coefficient (Wildman–Crippen LogP) is 9.13. The van der Waals surface area contributed by atoms with Gasteiger partial charge in [-0.15, -0.1) is 0 Å². The monoisotopic (exact) mass is 671 g/mol. The molecule has 3 aromatic rings. The van der Waals surface area contributed by atoms with Crippen LogP contribution in [-0.2, 0) is 9.53 Å². The number of rotatable bonds is 18. The molecule has 0 spiro atoms. The quantitative estimate of drug-likeness (QED) is 0.0993. The van der Waals surface area contributed by atoms with E-state index in [0.717, 1.165) is 75.9 Å². The summed E-state index contributed by atoms with van der Waals surface area (Å²) in [5, 5.41) is 2.12. The van der Waals surface area contributed by atoms with E-state index in [1.165, 1.54) is 25.7 Å². The van der Waals surface area contributed by atoms with Gasteiger partial charge in [-0.25, -0.2) is 0 Å². The third-order valence-electron chi connectivity index (χ3n) is 8.75. The minimum atomic E-state index is -0.682. The lowest BCUT2D eigenvalue weighted by atomic mass is 10.1. The van der Waals surface area contributed by atoms with E-state index in [1.54, 1.807) is 10.6 Å². The van der Waals surface area contributed by atoms with Gasteiger partial charge in [0.05, 0.1) is 27.9 Å². The fourth-order valence-corrected chi connectivity index (χ4v) is 6.48. The van der Waals surface area contributed by atoms with Gasteiger partial charge < -0.3 is 14.4 Å². The van der Waals surface area contributed by atoms with Crippen LogP contribution in [0.3, 0.4) is 0 Å². The van der Waals surface area contributed by atoms with Crippen LogP contribution in [0.5, 0.6) is 5.75 Å². The minimum absolute atomic E-state index is 0.0739. The third-order valence-corrected chi connectivity index (χ3v) is 9.56. The molecule has 1 aromatic heterocycles. The van der Waals surface area contributed by atoms with Crippen molar-refractivity contribution in [1.29, 1.82) is 0 Å². The van der Waals surface area contributed by atoms with Gasteiger partial charge in [0.25, 0.3) is 5.56 Å². The number of carbonyl (C=O) groups excluding carboxylic acids is 1. The fourth-order valence-electron chi connectivity index (χ4n) is 6.07. The number of nitrogens with zero attached hydrogens (tertiary/aromatic N) is 3. The number of esters is 1. The second kappa shape index (κ2) is 18.6. The lowest BCUT2D eigenvalue weighted by Crippen LogP contribution is -2.46. The molecule has 0 bridgehead atoms. The highest BCUT2D eigenvalue weighted by atomic mass is 35.5. The summed E-state index contributed by atoms with van der Waals surface area (Å²) in [5.74, 6) is 0.379. The molecule has 1 aliphatic rings. The van der Waals surface area contributed by atoms with Crippen molar-refractivity contribution < 1.29 is 14.3 Å². The summed E-state index contributed by atoms with van der Waals surface area (Å²) in [6.45, 7) is 11.6. The van der Waals surface area contributed by atoms with Crippen molar-refractivity contribution in [3.8, 4) is 5.75 Å². The van der Waals surface area contributed by atoms with Gasteiger partial charge in [-0.3, -0.25) is 19.1 Å². The molecule has 9 heteroatoms. The molecule has 0 radical (unpaired) electrons. The summed E-state index contributed by atoms with van der Waals surface area (Å²) < 4.78 is 13.7. The van der Waals surface area contributed by atoms with Gasteiger partial charge >= 0.3 is 5.97 Å². The highest BCUT2D eigenvalue weighted by Gasteiger charge is 2.24. The normalized spacial score (nSPS) is 14.6. The Hall–Kier alpha value is -2.74. The Balaban J connectivity index is 1.27. The van der Waals surface area contributed by atoms with Crippen LogP contribution >= 0.6 is 23.2 Å². The molecule has 252 valence electrons. The number of fused-ring (bicyclic) bond motifs is 1. The largest absolute Gasteiger partial charge is 0.494 e. The Bertz CT molecular complexity index is 1450. The van der Waals surface area contributed by atoms with Crippen LogP contribution in [0, 0.1) is 5.92 Å². The van der Waals surface area contributed by atoms with Crippen LogP contribution in [0.25, 0.3) is 10.9 Å². The second-order valence-electron chi connectivity index (χ2n) is 12.7. The van der Waals surface area contributed by atoms with Crippen LogP contribution in [0.2, 0.25) is 10.0 Å². The van der Waals surface area contributed by atoms with Crippen molar-refractivity contribution in [2.45, 2.75) is 91.2 Å². The maximum absolute atomic E-state index is 13.2. The average Bonchev–Trinajstić information content (AvgIpc) is 3.05. The van der Waals surface area contributed by atoms with E-state index < -0.39 is 6.23 Å². The van der Waals surface area contributed by atoms with Crippen molar-refractivity contribution in [2.24, 2.45) is 5.92 Å². The molecular formula is C37H51Cl2N3O4. The minimum Gasteiger partial charge on any atom is -0.494 e. The molecule has 0 aliphatic carbocycles. The van der Waals surface area contributed by atoms with E-state index in [0.29, 0.717) is 34.3 Å². The smallest absolute Gasteiger partial charge is 0.307 e. The number of ether oxygens (including phenoxy) is 2. The number of aromatic nitrogens is 1. The van der Waals surface area contributed by atoms with Gasteiger partial charge in [-0.1, -0.05) is 88.6 Å². The topological polar surface area (TPSA) is 64.0 Å². The molecule has 1 saturated heterocycles. The predicted molar refractivity (Wildman–Crippen MR) is 191 cm³/mol. The van der Waals surface area contributed by atoms with Crippen LogP contribution in [0.4, 0.5) is 5.69 Å². The maximum atomic E-state index is 13.2. The maximum Gasteiger partial charge on any atom is 0.307 e. The summed E-state index contributed by atoms with van der Waals surface area (Å²) in [7, 11) is 0. The first-order valence-corrected chi connectivity index (χ1v) is 17.9. The number of halogens is 2. The number of unbranched alkanes of at least 4 members (excludes halogenated alkanes) is 7. The van der Waals surface area contributed by atoms with E-state index in [9.17, 15) is 9.59 Å². The molecule has 7 nitrogen and oxygen atoms in total. The molecule has 4 rings (SSSR count). The van der Waals surface area contributed by atoms with Gasteiger partial charge in [0.1, 0.15) is 5.75 Å². The van der Waals surface area contributed by atoms with Crippen molar-refractivity contribution in [3.05, 3.63) is 68.9 Å². The van der Waals surface area contributed by atoms with Crippen LogP contribution in [-0.4, -0.2) is 54.8 Å². The molecule has 46 heavy (non-hydrogen) atoms.